The Bertz CT molecular complexity index is 2500. The number of rotatable bonds is 9. The Labute approximate surface area is 370 Å². The molecule has 2 nitrogen and oxygen atoms in total. The molecule has 0 saturated carbocycles. The van der Waals surface area contributed by atoms with Crippen molar-refractivity contribution in [1.29, 1.82) is 0 Å². The number of pyridine rings is 2. The average Bonchev–Trinajstić information content (AvgIpc) is 3.23. The van der Waals surface area contributed by atoms with Crippen molar-refractivity contribution in [1.82, 2.24) is 9.97 Å². The molecule has 2 heterocycles. The summed E-state index contributed by atoms with van der Waals surface area (Å²) in [6, 6.07) is 50.7. The summed E-state index contributed by atoms with van der Waals surface area (Å²) < 4.78 is 26.9. The van der Waals surface area contributed by atoms with Crippen LogP contribution in [0.2, 0.25) is 36.9 Å². The van der Waals surface area contributed by atoms with Crippen molar-refractivity contribution in [3.63, 3.8) is 0 Å². The molecule has 5 heteroatoms. The van der Waals surface area contributed by atoms with Gasteiger partial charge in [-0.2, -0.15) is 0 Å². The van der Waals surface area contributed by atoms with Crippen LogP contribution in [0.5, 0.6) is 0 Å². The predicted octanol–water partition coefficient (Wildman–Crippen LogP) is 13.7. The second kappa shape index (κ2) is 19.3. The fourth-order valence-electron chi connectivity index (χ4n) is 7.02. The molecule has 0 spiro atoms. The van der Waals surface area contributed by atoms with Gasteiger partial charge in [-0.05, 0) is 33.8 Å². The van der Waals surface area contributed by atoms with E-state index in [0.717, 1.165) is 61.3 Å². The van der Waals surface area contributed by atoms with Crippen LogP contribution in [0.15, 0.2) is 140 Å². The molecule has 0 amide bonds. The molecule has 0 fully saturated rings. The Hall–Kier alpha value is -4.19. The van der Waals surface area contributed by atoms with Crippen LogP contribution in [0, 0.1) is 19.0 Å². The zero-order valence-corrected chi connectivity index (χ0v) is 41.2. The van der Waals surface area contributed by atoms with Crippen LogP contribution in [0.3, 0.4) is 0 Å². The topological polar surface area (TPSA) is 25.8 Å². The maximum absolute atomic E-state index is 8.47. The van der Waals surface area contributed by atoms with Gasteiger partial charge >= 0.3 is 158 Å². The van der Waals surface area contributed by atoms with Crippen molar-refractivity contribution in [2.75, 3.05) is 0 Å². The van der Waals surface area contributed by atoms with Crippen LogP contribution in [-0.4, -0.2) is 31.3 Å². The predicted molar refractivity (Wildman–Crippen MR) is 252 cm³/mol. The Morgan fingerprint density at radius 2 is 1.21 bits per heavy atom. The van der Waals surface area contributed by atoms with Crippen LogP contribution >= 0.6 is 0 Å². The van der Waals surface area contributed by atoms with E-state index in [1.54, 1.807) is 6.20 Å². The van der Waals surface area contributed by atoms with Crippen molar-refractivity contribution < 1.29 is 24.2 Å². The monoisotopic (exact) mass is 1020 g/mol. The maximum atomic E-state index is 8.47. The van der Waals surface area contributed by atoms with E-state index in [1.165, 1.54) is 9.58 Å². The van der Waals surface area contributed by atoms with Crippen molar-refractivity contribution in [2.24, 2.45) is 0 Å². The molecule has 299 valence electrons. The quantitative estimate of drug-likeness (QED) is 0.106. The molecular weight excluding hydrogens is 958 g/mol. The summed E-state index contributed by atoms with van der Waals surface area (Å²) >= 11 is -1.91. The molecular formula is C53H58GeIrN2Si-2. The molecule has 0 N–H and O–H groups in total. The summed E-state index contributed by atoms with van der Waals surface area (Å²) in [5.41, 5.74) is 12.4. The Morgan fingerprint density at radius 3 is 1.76 bits per heavy atom. The molecule has 0 saturated heterocycles. The van der Waals surface area contributed by atoms with E-state index in [-0.39, 0.29) is 37.5 Å². The summed E-state index contributed by atoms with van der Waals surface area (Å²) in [4.78, 5) is 9.23. The third-order valence-corrected chi connectivity index (χ3v) is 16.9. The van der Waals surface area contributed by atoms with Crippen molar-refractivity contribution >= 4 is 30.9 Å². The van der Waals surface area contributed by atoms with Crippen molar-refractivity contribution in [3.8, 4) is 55.9 Å². The van der Waals surface area contributed by atoms with Gasteiger partial charge in [-0.25, -0.2) is 0 Å². The first-order valence-electron chi connectivity index (χ1n) is 21.6. The minimum atomic E-state index is -2.31. The molecule has 1 radical (unpaired) electrons. The second-order valence-electron chi connectivity index (χ2n) is 17.6. The summed E-state index contributed by atoms with van der Waals surface area (Å²) in [5, 5.41) is 1.40. The zero-order chi connectivity index (χ0) is 43.4. The SMILES string of the molecule is C[Si](C)(C)c1ccc(-c2[c-]cccc2)nc1.[2H]C([2H])([2H])c1cnc(-c2[c-]ccc(-c3cc[c]([Ge]([CH3])([CH3])[CH3])cc3)c2)cc1-c1c(C(C)C)cc(-c2ccccc2)cc1C(C)C.[Ir]. The van der Waals surface area contributed by atoms with Crippen LogP contribution in [-0.2, 0) is 20.1 Å². The Kier molecular flexibility index (Phi) is 13.5. The van der Waals surface area contributed by atoms with Gasteiger partial charge in [0.05, 0.1) is 8.07 Å². The molecule has 7 rings (SSSR count). The normalized spacial score (nSPS) is 12.5. The van der Waals surface area contributed by atoms with Gasteiger partial charge in [0.1, 0.15) is 0 Å². The van der Waals surface area contributed by atoms with Gasteiger partial charge in [-0.15, -0.1) is 35.9 Å². The number of aromatic nitrogens is 2. The second-order valence-corrected chi connectivity index (χ2v) is 33.3. The molecule has 0 aliphatic carbocycles. The third kappa shape index (κ3) is 10.9. The van der Waals surface area contributed by atoms with Gasteiger partial charge in [0.2, 0.25) is 0 Å². The minimum absolute atomic E-state index is 0. The zero-order valence-electron chi connectivity index (χ0n) is 38.7. The fraction of sp³-hybridized carbons (Fsp3) is 0.245. The van der Waals surface area contributed by atoms with Crippen LogP contribution in [0.4, 0.5) is 0 Å². The first kappa shape index (κ1) is 40.6. The van der Waals surface area contributed by atoms with E-state index in [9.17, 15) is 0 Å². The Balaban J connectivity index is 0.000000347. The third-order valence-electron chi connectivity index (χ3n) is 10.5. The van der Waals surface area contributed by atoms with Gasteiger partial charge in [0, 0.05) is 30.4 Å². The van der Waals surface area contributed by atoms with Gasteiger partial charge < -0.3 is 4.98 Å². The van der Waals surface area contributed by atoms with E-state index < -0.39 is 28.2 Å². The van der Waals surface area contributed by atoms with Gasteiger partial charge in [0.25, 0.3) is 0 Å². The van der Waals surface area contributed by atoms with Gasteiger partial charge in [-0.1, -0.05) is 102 Å². The molecule has 7 aromatic rings. The first-order chi connectivity index (χ1) is 28.3. The van der Waals surface area contributed by atoms with E-state index in [1.807, 2.05) is 48.7 Å². The van der Waals surface area contributed by atoms with Crippen molar-refractivity contribution in [2.45, 2.75) is 83.3 Å². The fourth-order valence-corrected chi connectivity index (χ4v) is 10.5. The summed E-state index contributed by atoms with van der Waals surface area (Å²) in [6.07, 6.45) is 3.57. The standard InChI is InChI=1S/C39H42GeN.C14H16NSi.Ir/c1-26(2)35-22-33(29-13-10-9-11-14-29)23-36(27(3)4)39(35)37-24-38(41-25-28(37)5)32-16-12-15-31(21-32)30-17-19-34(20-18-30)40(6,7)8;1-16(2,3)13-9-10-14(15-11-13)12-7-5-4-6-8-12;/h9-15,17-27H,1-8H3;4-7,9-11H,1-3H3;/q2*-1;/i5D3;;. The smallest absolute Gasteiger partial charge is 0.0622 e. The minimum Gasteiger partial charge on any atom is -0.0622 e. The van der Waals surface area contributed by atoms with Crippen LogP contribution in [0.1, 0.15) is 60.3 Å². The summed E-state index contributed by atoms with van der Waals surface area (Å²) in [5.74, 6) is 7.58. The molecule has 58 heavy (non-hydrogen) atoms. The number of benzene rings is 5. The Morgan fingerprint density at radius 1 is 0.586 bits per heavy atom. The molecule has 0 aliphatic rings. The first-order valence-corrected chi connectivity index (χ1v) is 31.0. The molecule has 0 bridgehead atoms. The van der Waals surface area contributed by atoms with Crippen LogP contribution in [0.25, 0.3) is 55.9 Å². The van der Waals surface area contributed by atoms with Gasteiger partial charge in [0.15, 0.2) is 0 Å². The summed E-state index contributed by atoms with van der Waals surface area (Å²) in [7, 11) is -1.23. The number of nitrogens with zero attached hydrogens (tertiary/aromatic N) is 2. The van der Waals surface area contributed by atoms with E-state index in [4.69, 9.17) is 9.10 Å². The van der Waals surface area contributed by atoms with E-state index >= 15 is 0 Å². The number of aryl methyl sites for hydroxylation is 1. The molecule has 5 aromatic carbocycles. The number of hydrogen-bond donors (Lipinski definition) is 0. The average molecular weight is 1020 g/mol. The molecule has 0 aliphatic heterocycles. The van der Waals surface area contributed by atoms with Crippen LogP contribution < -0.4 is 9.58 Å². The van der Waals surface area contributed by atoms with Gasteiger partial charge in [-0.3, -0.25) is 0 Å². The van der Waals surface area contributed by atoms with E-state index in [0.29, 0.717) is 5.69 Å². The van der Waals surface area contributed by atoms with Crippen molar-refractivity contribution in [3.05, 3.63) is 169 Å². The molecule has 0 unspecified atom stereocenters. The molecule has 2 aromatic heterocycles. The number of hydrogen-bond acceptors (Lipinski definition) is 2. The molecule has 0 atom stereocenters. The van der Waals surface area contributed by atoms with E-state index in [2.05, 4.69) is 167 Å². The summed E-state index contributed by atoms with van der Waals surface area (Å²) in [6.45, 7) is 13.4.